The second kappa shape index (κ2) is 6.30. The van der Waals surface area contributed by atoms with E-state index in [2.05, 4.69) is 33.5 Å². The number of hydrogen-bond donors (Lipinski definition) is 1. The van der Waals surface area contributed by atoms with E-state index in [1.54, 1.807) is 23.6 Å². The molecule has 4 aromatic heterocycles. The van der Waals surface area contributed by atoms with Crippen molar-refractivity contribution in [3.63, 3.8) is 0 Å². The first kappa shape index (κ1) is 15.2. The summed E-state index contributed by atoms with van der Waals surface area (Å²) in [5, 5.41) is 13.0. The smallest absolute Gasteiger partial charge is 0.125 e. The van der Waals surface area contributed by atoms with Crippen molar-refractivity contribution < 1.29 is 0 Å². The van der Waals surface area contributed by atoms with Crippen LogP contribution < -0.4 is 5.32 Å². The molecule has 6 heteroatoms. The Morgan fingerprint density at radius 3 is 2.56 bits per heavy atom. The van der Waals surface area contributed by atoms with Crippen LogP contribution in [0.15, 0.2) is 54.9 Å². The molecular weight excluding hydrogens is 330 g/mol. The van der Waals surface area contributed by atoms with E-state index in [0.717, 1.165) is 37.9 Å². The zero-order valence-electron chi connectivity index (χ0n) is 13.4. The van der Waals surface area contributed by atoms with Gasteiger partial charge in [-0.3, -0.25) is 4.98 Å². The fraction of sp³-hybridized carbons (Fsp3) is 0.0526. The highest BCUT2D eigenvalue weighted by Crippen LogP contribution is 2.33. The van der Waals surface area contributed by atoms with Crippen molar-refractivity contribution >= 4 is 27.4 Å². The van der Waals surface area contributed by atoms with E-state index < -0.39 is 0 Å². The molecule has 0 saturated heterocycles. The van der Waals surface area contributed by atoms with E-state index in [4.69, 9.17) is 10.2 Å². The molecule has 0 aliphatic heterocycles. The first-order chi connectivity index (χ1) is 12.3. The molecule has 0 fully saturated rings. The monoisotopic (exact) mass is 343 g/mol. The summed E-state index contributed by atoms with van der Waals surface area (Å²) >= 11 is 1.59. The summed E-state index contributed by atoms with van der Waals surface area (Å²) in [6, 6.07) is 15.8. The van der Waals surface area contributed by atoms with Gasteiger partial charge in [0.1, 0.15) is 16.7 Å². The Morgan fingerprint density at radius 2 is 1.88 bits per heavy atom. The van der Waals surface area contributed by atoms with Crippen LogP contribution in [0.4, 0.5) is 5.82 Å². The van der Waals surface area contributed by atoms with Gasteiger partial charge in [0.15, 0.2) is 0 Å². The normalized spacial score (nSPS) is 10.6. The molecule has 4 heterocycles. The summed E-state index contributed by atoms with van der Waals surface area (Å²) in [5.41, 5.74) is 3.28. The van der Waals surface area contributed by atoms with Crippen LogP contribution >= 0.6 is 11.3 Å². The summed E-state index contributed by atoms with van der Waals surface area (Å²) in [4.78, 5) is 15.4. The van der Waals surface area contributed by atoms with E-state index in [0.29, 0.717) is 5.56 Å². The first-order valence-electron chi connectivity index (χ1n) is 7.68. The van der Waals surface area contributed by atoms with Crippen LogP contribution in [0.3, 0.4) is 0 Å². The Labute approximate surface area is 148 Å². The molecule has 0 aromatic carbocycles. The van der Waals surface area contributed by atoms with Gasteiger partial charge in [0.25, 0.3) is 0 Å². The molecule has 0 spiro atoms. The number of pyridine rings is 3. The largest absolute Gasteiger partial charge is 0.373 e. The Hall–Kier alpha value is -3.30. The maximum absolute atomic E-state index is 8.88. The fourth-order valence-electron chi connectivity index (χ4n) is 2.50. The molecule has 4 rings (SSSR count). The highest BCUT2D eigenvalue weighted by Gasteiger charge is 2.09. The van der Waals surface area contributed by atoms with Crippen molar-refractivity contribution in [1.82, 2.24) is 15.0 Å². The van der Waals surface area contributed by atoms with E-state index in [9.17, 15) is 0 Å². The third kappa shape index (κ3) is 2.93. The number of aromatic nitrogens is 3. The second-order valence-electron chi connectivity index (χ2n) is 5.43. The molecule has 4 aromatic rings. The number of hydrogen-bond acceptors (Lipinski definition) is 6. The van der Waals surface area contributed by atoms with Crippen LogP contribution in [-0.4, -0.2) is 22.0 Å². The second-order valence-corrected chi connectivity index (χ2v) is 6.46. The van der Waals surface area contributed by atoms with Crippen molar-refractivity contribution in [1.29, 1.82) is 5.26 Å². The predicted octanol–water partition coefficient (Wildman–Crippen LogP) is 4.33. The number of thiophene rings is 1. The van der Waals surface area contributed by atoms with Crippen molar-refractivity contribution in [2.45, 2.75) is 0 Å². The number of fused-ring (bicyclic) bond motifs is 1. The number of nitriles is 1. The molecule has 5 nitrogen and oxygen atoms in total. The maximum Gasteiger partial charge on any atom is 0.125 e. The number of rotatable bonds is 3. The van der Waals surface area contributed by atoms with Crippen LogP contribution in [0.1, 0.15) is 5.56 Å². The molecule has 1 N–H and O–H groups in total. The van der Waals surface area contributed by atoms with Gasteiger partial charge in [-0.25, -0.2) is 9.97 Å². The molecule has 120 valence electrons. The van der Waals surface area contributed by atoms with E-state index >= 15 is 0 Å². The quantitative estimate of drug-likeness (QED) is 0.599. The minimum atomic E-state index is 0.558. The summed E-state index contributed by atoms with van der Waals surface area (Å²) in [7, 11) is 1.84. The van der Waals surface area contributed by atoms with Crippen molar-refractivity contribution in [3.8, 4) is 27.9 Å². The fourth-order valence-corrected chi connectivity index (χ4v) is 3.51. The Morgan fingerprint density at radius 1 is 1.00 bits per heavy atom. The van der Waals surface area contributed by atoms with Crippen LogP contribution in [0, 0.1) is 11.3 Å². The topological polar surface area (TPSA) is 74.5 Å². The van der Waals surface area contributed by atoms with Crippen LogP contribution in [-0.2, 0) is 0 Å². The number of nitrogens with one attached hydrogen (secondary N) is 1. The highest BCUT2D eigenvalue weighted by molar-refractivity contribution is 7.21. The van der Waals surface area contributed by atoms with Crippen molar-refractivity contribution in [3.05, 3.63) is 60.4 Å². The summed E-state index contributed by atoms with van der Waals surface area (Å²) in [6.07, 6.45) is 3.41. The van der Waals surface area contributed by atoms with Gasteiger partial charge in [-0.2, -0.15) is 5.26 Å². The van der Waals surface area contributed by atoms with Crippen LogP contribution in [0.2, 0.25) is 0 Å². The lowest BCUT2D eigenvalue weighted by Gasteiger charge is -2.02. The van der Waals surface area contributed by atoms with Gasteiger partial charge < -0.3 is 5.32 Å². The third-order valence-corrected chi connectivity index (χ3v) is 4.91. The molecule has 0 amide bonds. The Bertz CT molecular complexity index is 1080. The Balaban J connectivity index is 1.72. The van der Waals surface area contributed by atoms with Gasteiger partial charge >= 0.3 is 0 Å². The SMILES string of the molecule is CNc1ccc(-c2ccc3cc(-c4ccc(C#N)cn4)sc3n2)cn1. The standard InChI is InChI=1S/C19H13N5S/c1-21-18-7-4-14(11-23-18)15-6-3-13-8-17(25-19(13)24-15)16-5-2-12(9-20)10-22-16/h2-8,10-11H,1H3,(H,21,23). The molecule has 0 atom stereocenters. The summed E-state index contributed by atoms with van der Waals surface area (Å²) < 4.78 is 0. The molecule has 0 aliphatic carbocycles. The van der Waals surface area contributed by atoms with Crippen molar-refractivity contribution in [2.75, 3.05) is 12.4 Å². The van der Waals surface area contributed by atoms with Gasteiger partial charge in [0, 0.05) is 30.4 Å². The van der Waals surface area contributed by atoms with Gasteiger partial charge in [-0.05, 0) is 42.5 Å². The molecule has 0 unspecified atom stereocenters. The van der Waals surface area contributed by atoms with E-state index in [1.807, 2.05) is 37.5 Å². The van der Waals surface area contributed by atoms with Gasteiger partial charge in [-0.15, -0.1) is 11.3 Å². The molecule has 0 bridgehead atoms. The molecule has 0 aliphatic rings. The molecule has 0 radical (unpaired) electrons. The Kier molecular flexibility index (Phi) is 3.84. The number of nitrogens with zero attached hydrogens (tertiary/aromatic N) is 4. The lowest BCUT2D eigenvalue weighted by molar-refractivity contribution is 1.28. The average Bonchev–Trinajstić information content (AvgIpc) is 3.11. The van der Waals surface area contributed by atoms with Gasteiger partial charge in [0.2, 0.25) is 0 Å². The van der Waals surface area contributed by atoms with Gasteiger partial charge in [-0.1, -0.05) is 0 Å². The molecular formula is C19H13N5S. The number of anilines is 1. The first-order valence-corrected chi connectivity index (χ1v) is 8.50. The minimum Gasteiger partial charge on any atom is -0.373 e. The van der Waals surface area contributed by atoms with E-state index in [-0.39, 0.29) is 0 Å². The minimum absolute atomic E-state index is 0.558. The average molecular weight is 343 g/mol. The van der Waals surface area contributed by atoms with Gasteiger partial charge in [0.05, 0.1) is 21.8 Å². The summed E-state index contributed by atoms with van der Waals surface area (Å²) in [5.74, 6) is 0.829. The zero-order chi connectivity index (χ0) is 17.2. The molecule has 25 heavy (non-hydrogen) atoms. The molecule has 0 saturated carbocycles. The third-order valence-electron chi connectivity index (χ3n) is 3.84. The van der Waals surface area contributed by atoms with Crippen molar-refractivity contribution in [2.24, 2.45) is 0 Å². The maximum atomic E-state index is 8.88. The summed E-state index contributed by atoms with van der Waals surface area (Å²) in [6.45, 7) is 0. The predicted molar refractivity (Wildman–Crippen MR) is 100 cm³/mol. The van der Waals surface area contributed by atoms with E-state index in [1.165, 1.54) is 0 Å². The lowest BCUT2D eigenvalue weighted by Crippen LogP contribution is -1.91. The lowest BCUT2D eigenvalue weighted by atomic mass is 10.1. The van der Waals surface area contributed by atoms with Crippen LogP contribution in [0.5, 0.6) is 0 Å². The van der Waals surface area contributed by atoms with Crippen LogP contribution in [0.25, 0.3) is 32.0 Å². The highest BCUT2D eigenvalue weighted by atomic mass is 32.1. The zero-order valence-corrected chi connectivity index (χ0v) is 14.2.